The smallest absolute Gasteiger partial charge is 0.321 e. The van der Waals surface area contributed by atoms with Gasteiger partial charge in [-0.3, -0.25) is 10.1 Å². The summed E-state index contributed by atoms with van der Waals surface area (Å²) >= 11 is 5.35. The van der Waals surface area contributed by atoms with Crippen LogP contribution < -0.4 is 10.6 Å². The van der Waals surface area contributed by atoms with E-state index in [1.54, 1.807) is 18.7 Å². The van der Waals surface area contributed by atoms with E-state index in [9.17, 15) is 9.59 Å². The van der Waals surface area contributed by atoms with Gasteiger partial charge in [0.25, 0.3) is 0 Å². The van der Waals surface area contributed by atoms with Crippen molar-refractivity contribution in [1.82, 2.24) is 20.2 Å². The van der Waals surface area contributed by atoms with E-state index < -0.39 is 6.03 Å². The van der Waals surface area contributed by atoms with E-state index in [1.807, 2.05) is 4.57 Å². The summed E-state index contributed by atoms with van der Waals surface area (Å²) in [6, 6.07) is -0.504. The van der Waals surface area contributed by atoms with Crippen molar-refractivity contribution in [2.75, 3.05) is 12.4 Å². The molecule has 1 aromatic rings. The van der Waals surface area contributed by atoms with Gasteiger partial charge in [0.15, 0.2) is 0 Å². The maximum absolute atomic E-state index is 11.1. The standard InChI is InChI=1S/C9H13ClN4O2/c10-2-1-8(15)13-9(16)12-4-6-14-5-3-11-7-14/h3,5,7H,1-2,4,6H2,(H2,12,13,15,16). The highest BCUT2D eigenvalue weighted by atomic mass is 35.5. The Balaban J connectivity index is 2.13. The fourth-order valence-electron chi connectivity index (χ4n) is 1.04. The molecule has 0 unspecified atom stereocenters. The van der Waals surface area contributed by atoms with Gasteiger partial charge in [0.2, 0.25) is 5.91 Å². The van der Waals surface area contributed by atoms with E-state index in [-0.39, 0.29) is 18.2 Å². The summed E-state index contributed by atoms with van der Waals surface area (Å²) in [6.45, 7) is 1.04. The Morgan fingerprint density at radius 2 is 2.25 bits per heavy atom. The van der Waals surface area contributed by atoms with Gasteiger partial charge in [-0.2, -0.15) is 0 Å². The molecule has 0 radical (unpaired) electrons. The van der Waals surface area contributed by atoms with Crippen molar-refractivity contribution >= 4 is 23.5 Å². The quantitative estimate of drug-likeness (QED) is 0.734. The highest BCUT2D eigenvalue weighted by Crippen LogP contribution is 1.85. The largest absolute Gasteiger partial charge is 0.336 e. The van der Waals surface area contributed by atoms with Crippen molar-refractivity contribution in [2.45, 2.75) is 13.0 Å². The van der Waals surface area contributed by atoms with Crippen LogP contribution in [0.15, 0.2) is 18.7 Å². The molecule has 1 heterocycles. The Labute approximate surface area is 98.0 Å². The number of hydrogen-bond donors (Lipinski definition) is 2. The van der Waals surface area contributed by atoms with Crippen molar-refractivity contribution in [3.05, 3.63) is 18.7 Å². The molecule has 6 nitrogen and oxygen atoms in total. The number of rotatable bonds is 5. The molecule has 0 spiro atoms. The molecule has 0 atom stereocenters. The SMILES string of the molecule is O=C(CCCl)NC(=O)NCCn1ccnc1. The van der Waals surface area contributed by atoms with Crippen LogP contribution in [0.5, 0.6) is 0 Å². The molecule has 0 saturated heterocycles. The van der Waals surface area contributed by atoms with Gasteiger partial charge >= 0.3 is 6.03 Å². The number of imide groups is 1. The summed E-state index contributed by atoms with van der Waals surface area (Å²) in [5.41, 5.74) is 0. The van der Waals surface area contributed by atoms with E-state index in [0.717, 1.165) is 0 Å². The van der Waals surface area contributed by atoms with Crippen molar-refractivity contribution in [2.24, 2.45) is 0 Å². The lowest BCUT2D eigenvalue weighted by Crippen LogP contribution is -2.40. The molecule has 7 heteroatoms. The number of nitrogens with zero attached hydrogens (tertiary/aromatic N) is 2. The summed E-state index contributed by atoms with van der Waals surface area (Å²) in [5, 5.41) is 4.71. The lowest BCUT2D eigenvalue weighted by Gasteiger charge is -2.06. The zero-order valence-electron chi connectivity index (χ0n) is 8.65. The second-order valence-corrected chi connectivity index (χ2v) is 3.42. The third-order valence-electron chi connectivity index (χ3n) is 1.79. The average molecular weight is 245 g/mol. The maximum Gasteiger partial charge on any atom is 0.321 e. The molecule has 0 aliphatic rings. The number of hydrogen-bond acceptors (Lipinski definition) is 3. The maximum atomic E-state index is 11.1. The van der Waals surface area contributed by atoms with Crippen molar-refractivity contribution < 1.29 is 9.59 Å². The molecule has 0 saturated carbocycles. The van der Waals surface area contributed by atoms with Crippen molar-refractivity contribution in [3.8, 4) is 0 Å². The predicted octanol–water partition coefficient (Wildman–Crippen LogP) is 0.338. The molecule has 0 aromatic carbocycles. The third kappa shape index (κ3) is 4.79. The summed E-state index contributed by atoms with van der Waals surface area (Å²) in [4.78, 5) is 26.0. The Kier molecular flexibility index (Phi) is 5.35. The highest BCUT2D eigenvalue weighted by Gasteiger charge is 2.05. The molecule has 0 bridgehead atoms. The Morgan fingerprint density at radius 1 is 1.44 bits per heavy atom. The zero-order valence-corrected chi connectivity index (χ0v) is 9.41. The molecule has 0 aliphatic carbocycles. The number of alkyl halides is 1. The number of amides is 3. The lowest BCUT2D eigenvalue weighted by atomic mass is 10.4. The van der Waals surface area contributed by atoms with E-state index >= 15 is 0 Å². The molecule has 1 rings (SSSR count). The van der Waals surface area contributed by atoms with Crippen LogP contribution in [0.4, 0.5) is 4.79 Å². The number of carbonyl (C=O) groups is 2. The number of aromatic nitrogens is 2. The summed E-state index contributed by atoms with van der Waals surface area (Å²) in [5.74, 6) is -0.177. The number of imidazole rings is 1. The number of nitrogens with one attached hydrogen (secondary N) is 2. The Hall–Kier alpha value is -1.56. The van der Waals surface area contributed by atoms with Gasteiger partial charge in [-0.1, -0.05) is 0 Å². The Bertz CT molecular complexity index is 339. The Morgan fingerprint density at radius 3 is 2.88 bits per heavy atom. The average Bonchev–Trinajstić information content (AvgIpc) is 2.70. The summed E-state index contributed by atoms with van der Waals surface area (Å²) in [7, 11) is 0. The van der Waals surface area contributed by atoms with Crippen LogP contribution in [0.3, 0.4) is 0 Å². The first-order valence-electron chi connectivity index (χ1n) is 4.81. The second-order valence-electron chi connectivity index (χ2n) is 3.04. The van der Waals surface area contributed by atoms with Gasteiger partial charge in [-0.25, -0.2) is 9.78 Å². The minimum Gasteiger partial charge on any atom is -0.336 e. The lowest BCUT2D eigenvalue weighted by molar-refractivity contribution is -0.119. The van der Waals surface area contributed by atoms with Gasteiger partial charge in [0.05, 0.1) is 6.33 Å². The molecule has 16 heavy (non-hydrogen) atoms. The number of urea groups is 1. The number of halogens is 1. The molecule has 0 fully saturated rings. The molecular weight excluding hydrogens is 232 g/mol. The topological polar surface area (TPSA) is 76.0 Å². The molecule has 2 N–H and O–H groups in total. The second kappa shape index (κ2) is 6.84. The first kappa shape index (κ1) is 12.5. The molecule has 0 aliphatic heterocycles. The first-order chi connectivity index (χ1) is 7.72. The van der Waals surface area contributed by atoms with E-state index in [2.05, 4.69) is 15.6 Å². The third-order valence-corrected chi connectivity index (χ3v) is 1.98. The summed E-state index contributed by atoms with van der Waals surface area (Å²) < 4.78 is 1.82. The minimum atomic E-state index is -0.504. The fourth-order valence-corrected chi connectivity index (χ4v) is 1.21. The molecule has 1 aromatic heterocycles. The van der Waals surface area contributed by atoms with Gasteiger partial charge in [0, 0.05) is 37.8 Å². The fraction of sp³-hybridized carbons (Fsp3) is 0.444. The molecule has 3 amide bonds. The van der Waals surface area contributed by atoms with Crippen molar-refractivity contribution in [1.29, 1.82) is 0 Å². The number of carbonyl (C=O) groups excluding carboxylic acids is 2. The monoisotopic (exact) mass is 244 g/mol. The van der Waals surface area contributed by atoms with Crippen LogP contribution in [0.1, 0.15) is 6.42 Å². The first-order valence-corrected chi connectivity index (χ1v) is 5.35. The van der Waals surface area contributed by atoms with Crippen LogP contribution in [0.25, 0.3) is 0 Å². The summed E-state index contributed by atoms with van der Waals surface area (Å²) in [6.07, 6.45) is 5.23. The molecule has 88 valence electrons. The van der Waals surface area contributed by atoms with Gasteiger partial charge in [-0.15, -0.1) is 11.6 Å². The van der Waals surface area contributed by atoms with Gasteiger partial charge in [0.1, 0.15) is 0 Å². The van der Waals surface area contributed by atoms with Crippen LogP contribution in [0, 0.1) is 0 Å². The predicted molar refractivity (Wildman–Crippen MR) is 59.1 cm³/mol. The van der Waals surface area contributed by atoms with Crippen LogP contribution in [-0.4, -0.2) is 33.9 Å². The van der Waals surface area contributed by atoms with Crippen LogP contribution in [0.2, 0.25) is 0 Å². The zero-order chi connectivity index (χ0) is 11.8. The van der Waals surface area contributed by atoms with E-state index in [4.69, 9.17) is 11.6 Å². The van der Waals surface area contributed by atoms with Gasteiger partial charge in [-0.05, 0) is 0 Å². The van der Waals surface area contributed by atoms with Crippen LogP contribution >= 0.6 is 11.6 Å². The van der Waals surface area contributed by atoms with Gasteiger partial charge < -0.3 is 9.88 Å². The van der Waals surface area contributed by atoms with Crippen LogP contribution in [-0.2, 0) is 11.3 Å². The highest BCUT2D eigenvalue weighted by molar-refractivity contribution is 6.19. The molecular formula is C9H13ClN4O2. The minimum absolute atomic E-state index is 0.135. The van der Waals surface area contributed by atoms with E-state index in [1.165, 1.54) is 0 Å². The van der Waals surface area contributed by atoms with E-state index in [0.29, 0.717) is 13.1 Å². The van der Waals surface area contributed by atoms with Crippen molar-refractivity contribution in [3.63, 3.8) is 0 Å². The normalized spacial score (nSPS) is 9.81.